The molecule has 0 radical (unpaired) electrons. The van der Waals surface area contributed by atoms with Crippen molar-refractivity contribution in [2.45, 2.75) is 19.3 Å². The van der Waals surface area contributed by atoms with Crippen molar-refractivity contribution in [3.8, 4) is 5.75 Å². The number of halogens is 1. The minimum absolute atomic E-state index is 0.122. The first-order valence-electron chi connectivity index (χ1n) is 8.18. The zero-order valence-electron chi connectivity index (χ0n) is 13.7. The number of methoxy groups -OCH3 is 1. The molecule has 24 heavy (non-hydrogen) atoms. The van der Waals surface area contributed by atoms with Gasteiger partial charge in [-0.15, -0.1) is 0 Å². The van der Waals surface area contributed by atoms with Gasteiger partial charge in [0.2, 0.25) is 0 Å². The summed E-state index contributed by atoms with van der Waals surface area (Å²) >= 11 is 3.42. The molecule has 1 fully saturated rings. The fraction of sp³-hybridized carbons (Fsp3) is 0.316. The first-order chi connectivity index (χ1) is 11.7. The van der Waals surface area contributed by atoms with Crippen LogP contribution in [0.25, 0.3) is 0 Å². The Morgan fingerprint density at radius 2 is 1.88 bits per heavy atom. The molecular formula is C19H21BrN2O2. The van der Waals surface area contributed by atoms with Crippen molar-refractivity contribution < 1.29 is 9.53 Å². The maximum absolute atomic E-state index is 12.6. The second-order valence-corrected chi connectivity index (χ2v) is 6.72. The van der Waals surface area contributed by atoms with Crippen LogP contribution in [0.1, 0.15) is 29.6 Å². The standard InChI is InChI=1S/C19H21BrN2O2/c1-24-18-10-9-14(13-15(18)20)19(23)21-16-7-3-4-8-17(16)22-11-5-2-6-12-22/h3-4,7-10,13H,2,5-6,11-12H2,1H3,(H,21,23). The molecule has 4 nitrogen and oxygen atoms in total. The van der Waals surface area contributed by atoms with Crippen LogP contribution in [0.5, 0.6) is 5.75 Å². The highest BCUT2D eigenvalue weighted by Crippen LogP contribution is 2.30. The smallest absolute Gasteiger partial charge is 0.255 e. The third-order valence-corrected chi connectivity index (χ3v) is 4.88. The van der Waals surface area contributed by atoms with Crippen LogP contribution in [0.4, 0.5) is 11.4 Å². The monoisotopic (exact) mass is 388 g/mol. The number of ether oxygens (including phenoxy) is 1. The Morgan fingerprint density at radius 1 is 1.12 bits per heavy atom. The van der Waals surface area contributed by atoms with Gasteiger partial charge in [0.1, 0.15) is 5.75 Å². The van der Waals surface area contributed by atoms with Crippen LogP contribution in [0.3, 0.4) is 0 Å². The van der Waals surface area contributed by atoms with Crippen LogP contribution in [-0.2, 0) is 0 Å². The van der Waals surface area contributed by atoms with Crippen LogP contribution >= 0.6 is 15.9 Å². The summed E-state index contributed by atoms with van der Waals surface area (Å²) in [6, 6.07) is 13.3. The molecule has 0 unspecified atom stereocenters. The van der Waals surface area contributed by atoms with Gasteiger partial charge in [-0.05, 0) is 65.5 Å². The van der Waals surface area contributed by atoms with Gasteiger partial charge in [-0.2, -0.15) is 0 Å². The molecule has 126 valence electrons. The SMILES string of the molecule is COc1ccc(C(=O)Nc2ccccc2N2CCCCC2)cc1Br. The minimum atomic E-state index is -0.122. The van der Waals surface area contributed by atoms with Crippen LogP contribution < -0.4 is 15.0 Å². The summed E-state index contributed by atoms with van der Waals surface area (Å²) in [7, 11) is 1.61. The lowest BCUT2D eigenvalue weighted by Gasteiger charge is -2.30. The van der Waals surface area contributed by atoms with Gasteiger partial charge in [-0.25, -0.2) is 0 Å². The zero-order chi connectivity index (χ0) is 16.9. The Balaban J connectivity index is 1.80. The third kappa shape index (κ3) is 3.73. The van der Waals surface area contributed by atoms with Gasteiger partial charge >= 0.3 is 0 Å². The van der Waals surface area contributed by atoms with E-state index < -0.39 is 0 Å². The average Bonchev–Trinajstić information content (AvgIpc) is 2.63. The molecule has 2 aromatic rings. The number of rotatable bonds is 4. The highest BCUT2D eigenvalue weighted by Gasteiger charge is 2.16. The third-order valence-electron chi connectivity index (χ3n) is 4.26. The lowest BCUT2D eigenvalue weighted by atomic mass is 10.1. The van der Waals surface area contributed by atoms with Crippen LogP contribution in [0.15, 0.2) is 46.9 Å². The summed E-state index contributed by atoms with van der Waals surface area (Å²) in [5.41, 5.74) is 2.55. The number of carbonyl (C=O) groups is 1. The van der Waals surface area contributed by atoms with Gasteiger partial charge < -0.3 is 15.0 Å². The topological polar surface area (TPSA) is 41.6 Å². The molecule has 1 heterocycles. The molecule has 0 saturated carbocycles. The average molecular weight is 389 g/mol. The summed E-state index contributed by atoms with van der Waals surface area (Å²) in [4.78, 5) is 15.0. The molecule has 1 aliphatic heterocycles. The van der Waals surface area contributed by atoms with Gasteiger partial charge in [0.15, 0.2) is 0 Å². The number of nitrogens with zero attached hydrogens (tertiary/aromatic N) is 1. The molecule has 1 amide bonds. The normalized spacial score (nSPS) is 14.3. The lowest BCUT2D eigenvalue weighted by molar-refractivity contribution is 0.102. The molecule has 3 rings (SSSR count). The van der Waals surface area contributed by atoms with Crippen LogP contribution in [-0.4, -0.2) is 26.1 Å². The molecular weight excluding hydrogens is 368 g/mol. The van der Waals surface area contributed by atoms with Crippen molar-refractivity contribution in [2.75, 3.05) is 30.4 Å². The Labute approximate surface area is 150 Å². The number of hydrogen-bond donors (Lipinski definition) is 1. The van der Waals surface area contributed by atoms with E-state index in [0.29, 0.717) is 11.3 Å². The number of carbonyl (C=O) groups excluding carboxylic acids is 1. The van der Waals surface area contributed by atoms with E-state index >= 15 is 0 Å². The maximum atomic E-state index is 12.6. The number of benzene rings is 2. The van der Waals surface area contributed by atoms with E-state index in [1.807, 2.05) is 18.2 Å². The Kier molecular flexibility index (Phi) is 5.41. The fourth-order valence-corrected chi connectivity index (χ4v) is 3.53. The molecule has 0 spiro atoms. The second-order valence-electron chi connectivity index (χ2n) is 5.87. The quantitative estimate of drug-likeness (QED) is 0.824. The Bertz CT molecular complexity index is 727. The molecule has 2 aromatic carbocycles. The van der Waals surface area contributed by atoms with Crippen molar-refractivity contribution >= 4 is 33.2 Å². The van der Waals surface area contributed by atoms with Gasteiger partial charge in [0.05, 0.1) is 23.0 Å². The van der Waals surface area contributed by atoms with E-state index in [0.717, 1.165) is 28.9 Å². The van der Waals surface area contributed by atoms with Crippen molar-refractivity contribution in [3.63, 3.8) is 0 Å². The zero-order valence-corrected chi connectivity index (χ0v) is 15.3. The lowest BCUT2D eigenvalue weighted by Crippen LogP contribution is -2.30. The van der Waals surface area contributed by atoms with Gasteiger partial charge in [0.25, 0.3) is 5.91 Å². The highest BCUT2D eigenvalue weighted by atomic mass is 79.9. The van der Waals surface area contributed by atoms with E-state index in [-0.39, 0.29) is 5.91 Å². The van der Waals surface area contributed by atoms with E-state index in [2.05, 4.69) is 32.2 Å². The number of nitrogens with one attached hydrogen (secondary N) is 1. The number of hydrogen-bond acceptors (Lipinski definition) is 3. The molecule has 0 aromatic heterocycles. The van der Waals surface area contributed by atoms with E-state index in [1.165, 1.54) is 19.3 Å². The van der Waals surface area contributed by atoms with E-state index in [1.54, 1.807) is 25.3 Å². The van der Waals surface area contributed by atoms with Gasteiger partial charge in [-0.3, -0.25) is 4.79 Å². The minimum Gasteiger partial charge on any atom is -0.496 e. The van der Waals surface area contributed by atoms with Crippen molar-refractivity contribution in [2.24, 2.45) is 0 Å². The summed E-state index contributed by atoms with van der Waals surface area (Å²) in [5, 5.41) is 3.05. The van der Waals surface area contributed by atoms with Crippen molar-refractivity contribution in [1.29, 1.82) is 0 Å². The molecule has 0 atom stereocenters. The molecule has 0 aliphatic carbocycles. The summed E-state index contributed by atoms with van der Waals surface area (Å²) < 4.78 is 5.98. The highest BCUT2D eigenvalue weighted by molar-refractivity contribution is 9.10. The van der Waals surface area contributed by atoms with E-state index in [4.69, 9.17) is 4.74 Å². The first kappa shape index (κ1) is 16.8. The summed E-state index contributed by atoms with van der Waals surface area (Å²) in [6.45, 7) is 2.09. The fourth-order valence-electron chi connectivity index (χ4n) is 2.99. The largest absolute Gasteiger partial charge is 0.496 e. The Hall–Kier alpha value is -2.01. The Morgan fingerprint density at radius 3 is 2.58 bits per heavy atom. The molecule has 0 bridgehead atoms. The van der Waals surface area contributed by atoms with E-state index in [9.17, 15) is 4.79 Å². The number of para-hydroxylation sites is 2. The van der Waals surface area contributed by atoms with Crippen LogP contribution in [0, 0.1) is 0 Å². The van der Waals surface area contributed by atoms with Crippen molar-refractivity contribution in [1.82, 2.24) is 0 Å². The number of amides is 1. The predicted molar refractivity (Wildman–Crippen MR) is 101 cm³/mol. The molecule has 1 aliphatic rings. The molecule has 1 N–H and O–H groups in total. The first-order valence-corrected chi connectivity index (χ1v) is 8.97. The van der Waals surface area contributed by atoms with Crippen LogP contribution in [0.2, 0.25) is 0 Å². The maximum Gasteiger partial charge on any atom is 0.255 e. The number of piperidine rings is 1. The van der Waals surface area contributed by atoms with Gasteiger partial charge in [0, 0.05) is 18.7 Å². The van der Waals surface area contributed by atoms with Gasteiger partial charge in [-0.1, -0.05) is 12.1 Å². The molecule has 5 heteroatoms. The summed E-state index contributed by atoms with van der Waals surface area (Å²) in [6.07, 6.45) is 3.69. The number of anilines is 2. The second kappa shape index (κ2) is 7.71. The summed E-state index contributed by atoms with van der Waals surface area (Å²) in [5.74, 6) is 0.586. The molecule has 1 saturated heterocycles. The predicted octanol–water partition coefficient (Wildman–Crippen LogP) is 4.70. The van der Waals surface area contributed by atoms with Crippen molar-refractivity contribution in [3.05, 3.63) is 52.5 Å².